The summed E-state index contributed by atoms with van der Waals surface area (Å²) in [4.78, 5) is 23.4. The van der Waals surface area contributed by atoms with Crippen LogP contribution in [0.3, 0.4) is 0 Å². The van der Waals surface area contributed by atoms with Crippen molar-refractivity contribution in [3.63, 3.8) is 0 Å². The second-order valence-corrected chi connectivity index (χ2v) is 7.90. The Morgan fingerprint density at radius 3 is 2.67 bits per heavy atom. The van der Waals surface area contributed by atoms with E-state index in [1.165, 1.54) is 25.7 Å². The van der Waals surface area contributed by atoms with E-state index in [1.54, 1.807) is 0 Å². The molecule has 1 N–H and O–H groups in total. The second kappa shape index (κ2) is 5.61. The lowest BCUT2D eigenvalue weighted by Gasteiger charge is -2.32. The van der Waals surface area contributed by atoms with Gasteiger partial charge in [0, 0.05) is 24.9 Å². The van der Waals surface area contributed by atoms with E-state index in [1.807, 2.05) is 12.1 Å². The standard InChI is InChI=1S/C20H25N3O/c24-20(18-14-7-1-2-8-15(14)18)23-11-5-6-13(12-23)19-21-16-9-3-4-10-17(16)22-19/h3-4,9-10,13-15,18H,1-2,5-8,11-12H2,(H,21,22)/t13-,14+,15+/m0/s1. The van der Waals surface area contributed by atoms with E-state index in [-0.39, 0.29) is 0 Å². The van der Waals surface area contributed by atoms with Crippen LogP contribution in [0, 0.1) is 17.8 Å². The maximum atomic E-state index is 13.0. The molecule has 4 nitrogen and oxygen atoms in total. The minimum Gasteiger partial charge on any atom is -0.342 e. The Morgan fingerprint density at radius 2 is 1.88 bits per heavy atom. The molecule has 4 heteroatoms. The monoisotopic (exact) mass is 323 g/mol. The molecule has 1 aromatic carbocycles. The highest BCUT2D eigenvalue weighted by Gasteiger charge is 2.56. The molecule has 2 saturated carbocycles. The Balaban J connectivity index is 1.32. The summed E-state index contributed by atoms with van der Waals surface area (Å²) in [5.74, 6) is 3.61. The summed E-state index contributed by atoms with van der Waals surface area (Å²) in [5, 5.41) is 0. The number of nitrogens with one attached hydrogen (secondary N) is 1. The number of rotatable bonds is 2. The molecular formula is C20H25N3O. The Labute approximate surface area is 142 Å². The molecule has 1 aliphatic heterocycles. The van der Waals surface area contributed by atoms with Gasteiger partial charge < -0.3 is 9.88 Å². The number of carbonyl (C=O) groups is 1. The fourth-order valence-corrected chi connectivity index (χ4v) is 5.14. The molecule has 126 valence electrons. The zero-order chi connectivity index (χ0) is 16.1. The maximum absolute atomic E-state index is 13.0. The van der Waals surface area contributed by atoms with Crippen molar-refractivity contribution in [1.82, 2.24) is 14.9 Å². The van der Waals surface area contributed by atoms with E-state index >= 15 is 0 Å². The first kappa shape index (κ1) is 14.5. The van der Waals surface area contributed by atoms with Crippen molar-refractivity contribution < 1.29 is 4.79 Å². The largest absolute Gasteiger partial charge is 0.342 e. The average molecular weight is 323 g/mol. The summed E-state index contributed by atoms with van der Waals surface area (Å²) in [6.45, 7) is 1.78. The minimum atomic E-state index is 0.349. The van der Waals surface area contributed by atoms with Gasteiger partial charge in [-0.05, 0) is 49.7 Å². The maximum Gasteiger partial charge on any atom is 0.226 e. The number of carbonyl (C=O) groups excluding carboxylic acids is 1. The molecule has 24 heavy (non-hydrogen) atoms. The normalized spacial score (nSPS) is 32.6. The number of fused-ring (bicyclic) bond motifs is 2. The van der Waals surface area contributed by atoms with Crippen LogP contribution in [0.2, 0.25) is 0 Å². The Kier molecular flexibility index (Phi) is 3.39. The quantitative estimate of drug-likeness (QED) is 0.916. The number of H-pyrrole nitrogens is 1. The summed E-state index contributed by atoms with van der Waals surface area (Å²) in [5.41, 5.74) is 2.13. The third kappa shape index (κ3) is 2.35. The van der Waals surface area contributed by atoms with Crippen LogP contribution in [0.25, 0.3) is 11.0 Å². The van der Waals surface area contributed by atoms with Crippen molar-refractivity contribution in [3.05, 3.63) is 30.1 Å². The summed E-state index contributed by atoms with van der Waals surface area (Å²) in [6.07, 6.45) is 7.43. The first-order chi connectivity index (χ1) is 11.8. The smallest absolute Gasteiger partial charge is 0.226 e. The Hall–Kier alpha value is -1.84. The van der Waals surface area contributed by atoms with Gasteiger partial charge >= 0.3 is 0 Å². The lowest BCUT2D eigenvalue weighted by Crippen LogP contribution is -2.40. The number of hydrogen-bond acceptors (Lipinski definition) is 2. The van der Waals surface area contributed by atoms with Crippen molar-refractivity contribution in [3.8, 4) is 0 Å². The molecule has 3 fully saturated rings. The highest BCUT2D eigenvalue weighted by molar-refractivity contribution is 5.82. The van der Waals surface area contributed by atoms with E-state index < -0.39 is 0 Å². The molecule has 3 aliphatic rings. The molecule has 5 rings (SSSR count). The lowest BCUT2D eigenvalue weighted by molar-refractivity contribution is -0.134. The van der Waals surface area contributed by atoms with E-state index in [4.69, 9.17) is 4.98 Å². The average Bonchev–Trinajstić information content (AvgIpc) is 3.20. The van der Waals surface area contributed by atoms with Gasteiger partial charge in [0.05, 0.1) is 11.0 Å². The molecule has 2 heterocycles. The first-order valence-corrected chi connectivity index (χ1v) is 9.55. The van der Waals surface area contributed by atoms with E-state index in [9.17, 15) is 4.79 Å². The molecule has 2 aromatic rings. The summed E-state index contributed by atoms with van der Waals surface area (Å²) in [7, 11) is 0. The van der Waals surface area contributed by atoms with Gasteiger partial charge in [0.2, 0.25) is 5.91 Å². The molecular weight excluding hydrogens is 298 g/mol. The van der Waals surface area contributed by atoms with Gasteiger partial charge in [0.15, 0.2) is 0 Å². The van der Waals surface area contributed by atoms with Gasteiger partial charge in [-0.15, -0.1) is 0 Å². The molecule has 0 spiro atoms. The summed E-state index contributed by atoms with van der Waals surface area (Å²) >= 11 is 0. The molecule has 0 radical (unpaired) electrons. The van der Waals surface area contributed by atoms with Gasteiger partial charge in [-0.1, -0.05) is 25.0 Å². The third-order valence-corrected chi connectivity index (χ3v) is 6.47. The number of imidazole rings is 1. The van der Waals surface area contributed by atoms with E-state index in [0.29, 0.717) is 29.6 Å². The summed E-state index contributed by atoms with van der Waals surface area (Å²) in [6, 6.07) is 8.19. The van der Waals surface area contributed by atoms with E-state index in [0.717, 1.165) is 42.8 Å². The Morgan fingerprint density at radius 1 is 1.08 bits per heavy atom. The van der Waals surface area contributed by atoms with Crippen molar-refractivity contribution in [2.24, 2.45) is 17.8 Å². The van der Waals surface area contributed by atoms with Crippen molar-refractivity contribution >= 4 is 16.9 Å². The Bertz CT molecular complexity index is 722. The predicted octanol–water partition coefficient (Wildman–Crippen LogP) is 3.71. The van der Waals surface area contributed by atoms with Crippen LogP contribution >= 0.6 is 0 Å². The molecule has 1 saturated heterocycles. The minimum absolute atomic E-state index is 0.349. The fraction of sp³-hybridized carbons (Fsp3) is 0.600. The van der Waals surface area contributed by atoms with Crippen molar-refractivity contribution in [1.29, 1.82) is 0 Å². The molecule has 0 bridgehead atoms. The number of hydrogen-bond donors (Lipinski definition) is 1. The fourth-order valence-electron chi connectivity index (χ4n) is 5.14. The molecule has 2 aliphatic carbocycles. The number of benzene rings is 1. The number of likely N-dealkylation sites (tertiary alicyclic amines) is 1. The predicted molar refractivity (Wildman–Crippen MR) is 93.6 cm³/mol. The lowest BCUT2D eigenvalue weighted by atomic mass is 9.97. The number of aromatic nitrogens is 2. The number of para-hydroxylation sites is 2. The van der Waals surface area contributed by atoms with Crippen LogP contribution in [-0.4, -0.2) is 33.9 Å². The zero-order valence-corrected chi connectivity index (χ0v) is 14.1. The van der Waals surface area contributed by atoms with Gasteiger partial charge in [-0.25, -0.2) is 4.98 Å². The van der Waals surface area contributed by atoms with Crippen molar-refractivity contribution in [2.75, 3.05) is 13.1 Å². The number of amides is 1. The number of piperidine rings is 1. The molecule has 1 aromatic heterocycles. The second-order valence-electron chi connectivity index (χ2n) is 7.90. The van der Waals surface area contributed by atoms with Gasteiger partial charge in [-0.2, -0.15) is 0 Å². The molecule has 1 amide bonds. The number of nitrogens with zero attached hydrogens (tertiary/aromatic N) is 2. The van der Waals surface area contributed by atoms with Gasteiger partial charge in [0.25, 0.3) is 0 Å². The van der Waals surface area contributed by atoms with Crippen LogP contribution in [0.15, 0.2) is 24.3 Å². The molecule has 3 atom stereocenters. The molecule has 0 unspecified atom stereocenters. The summed E-state index contributed by atoms with van der Waals surface area (Å²) < 4.78 is 0. The van der Waals surface area contributed by atoms with Crippen LogP contribution in [0.5, 0.6) is 0 Å². The van der Waals surface area contributed by atoms with Crippen LogP contribution in [0.4, 0.5) is 0 Å². The van der Waals surface area contributed by atoms with E-state index in [2.05, 4.69) is 22.0 Å². The SMILES string of the molecule is O=C(C1[C@@H]2CCCC[C@@H]12)N1CCC[C@H](c2nc3ccccc3[nH]2)C1. The third-order valence-electron chi connectivity index (χ3n) is 6.47. The van der Waals surface area contributed by atoms with Crippen molar-refractivity contribution in [2.45, 2.75) is 44.4 Å². The van der Waals surface area contributed by atoms with Crippen LogP contribution < -0.4 is 0 Å². The zero-order valence-electron chi connectivity index (χ0n) is 14.1. The highest BCUT2D eigenvalue weighted by atomic mass is 16.2. The first-order valence-electron chi connectivity index (χ1n) is 9.55. The van der Waals surface area contributed by atoms with Crippen LogP contribution in [-0.2, 0) is 4.79 Å². The number of aromatic amines is 1. The van der Waals surface area contributed by atoms with Gasteiger partial charge in [-0.3, -0.25) is 4.79 Å². The highest BCUT2D eigenvalue weighted by Crippen LogP contribution is 2.56. The van der Waals surface area contributed by atoms with Gasteiger partial charge in [0.1, 0.15) is 5.82 Å². The topological polar surface area (TPSA) is 49.0 Å². The van der Waals surface area contributed by atoms with Crippen LogP contribution in [0.1, 0.15) is 50.3 Å².